The molecule has 1 N–H and O–H groups in total. The average molecular weight is 451 g/mol. The van der Waals surface area contributed by atoms with Gasteiger partial charge in [0.2, 0.25) is 15.9 Å². The number of nitrogens with one attached hydrogen (secondary N) is 1. The lowest BCUT2D eigenvalue weighted by molar-refractivity contribution is -0.126. The van der Waals surface area contributed by atoms with Crippen LogP contribution in [0, 0.1) is 5.92 Å². The molecule has 6 heteroatoms. The van der Waals surface area contributed by atoms with Crippen molar-refractivity contribution < 1.29 is 13.2 Å². The number of hydrogen-bond acceptors (Lipinski definition) is 3. The molecule has 32 heavy (non-hydrogen) atoms. The van der Waals surface area contributed by atoms with Gasteiger partial charge in [0.1, 0.15) is 0 Å². The summed E-state index contributed by atoms with van der Waals surface area (Å²) in [5.74, 6) is -0.373. The number of aryl methyl sites for hydroxylation is 1. The Hall–Kier alpha value is -2.70. The number of amides is 1. The molecule has 0 radical (unpaired) electrons. The summed E-state index contributed by atoms with van der Waals surface area (Å²) in [6.45, 7) is 2.68. The van der Waals surface area contributed by atoms with Crippen molar-refractivity contribution in [1.82, 2.24) is 9.62 Å². The number of fused-ring (bicyclic) bond motifs is 1. The predicted octanol–water partition coefficient (Wildman–Crippen LogP) is 4.38. The molecule has 1 heterocycles. The first-order chi connectivity index (χ1) is 15.4. The monoisotopic (exact) mass is 450 g/mol. The molecule has 0 spiro atoms. The van der Waals surface area contributed by atoms with Crippen molar-refractivity contribution in [3.05, 3.63) is 78.4 Å². The van der Waals surface area contributed by atoms with Crippen molar-refractivity contribution in [2.24, 2.45) is 5.92 Å². The molecule has 5 nitrogen and oxygen atoms in total. The summed E-state index contributed by atoms with van der Waals surface area (Å²) in [6.07, 6.45) is 3.14. The first kappa shape index (κ1) is 22.5. The van der Waals surface area contributed by atoms with Crippen LogP contribution in [0.15, 0.2) is 77.7 Å². The largest absolute Gasteiger partial charge is 0.353 e. The fourth-order valence-corrected chi connectivity index (χ4v) is 5.87. The van der Waals surface area contributed by atoms with E-state index < -0.39 is 10.0 Å². The van der Waals surface area contributed by atoms with Crippen LogP contribution in [0.3, 0.4) is 0 Å². The van der Waals surface area contributed by atoms with Gasteiger partial charge in [-0.3, -0.25) is 4.79 Å². The van der Waals surface area contributed by atoms with E-state index in [0.29, 0.717) is 19.4 Å². The van der Waals surface area contributed by atoms with Crippen molar-refractivity contribution in [2.45, 2.75) is 43.5 Å². The van der Waals surface area contributed by atoms with Gasteiger partial charge in [0, 0.05) is 19.1 Å². The minimum absolute atomic E-state index is 0.0372. The van der Waals surface area contributed by atoms with E-state index in [0.717, 1.165) is 23.6 Å². The van der Waals surface area contributed by atoms with E-state index in [1.807, 2.05) is 55.5 Å². The minimum atomic E-state index is -3.64. The van der Waals surface area contributed by atoms with Crippen molar-refractivity contribution >= 4 is 26.7 Å². The molecule has 0 bridgehead atoms. The van der Waals surface area contributed by atoms with E-state index in [-0.39, 0.29) is 29.3 Å². The van der Waals surface area contributed by atoms with E-state index >= 15 is 0 Å². The van der Waals surface area contributed by atoms with Gasteiger partial charge in [0.15, 0.2) is 0 Å². The SMILES string of the molecule is C[C@@H](CCc1ccccc1)NC(=O)[C@H]1CCCN(S(=O)(=O)c2ccc3ccccc3c2)C1. The zero-order valence-electron chi connectivity index (χ0n) is 18.4. The first-order valence-electron chi connectivity index (χ1n) is 11.3. The first-order valence-corrected chi connectivity index (χ1v) is 12.7. The average Bonchev–Trinajstić information content (AvgIpc) is 2.83. The van der Waals surface area contributed by atoms with Gasteiger partial charge in [-0.15, -0.1) is 0 Å². The highest BCUT2D eigenvalue weighted by Gasteiger charge is 2.33. The Labute approximate surface area is 190 Å². The normalized spacial score (nSPS) is 18.3. The number of benzene rings is 3. The smallest absolute Gasteiger partial charge is 0.243 e. The number of nitrogens with zero attached hydrogens (tertiary/aromatic N) is 1. The van der Waals surface area contributed by atoms with E-state index in [1.54, 1.807) is 12.1 Å². The van der Waals surface area contributed by atoms with Crippen molar-refractivity contribution in [1.29, 1.82) is 0 Å². The highest BCUT2D eigenvalue weighted by atomic mass is 32.2. The molecule has 4 rings (SSSR count). The molecule has 0 aromatic heterocycles. The lowest BCUT2D eigenvalue weighted by atomic mass is 9.98. The van der Waals surface area contributed by atoms with E-state index in [4.69, 9.17) is 0 Å². The highest BCUT2D eigenvalue weighted by Crippen LogP contribution is 2.26. The third kappa shape index (κ3) is 5.19. The second kappa shape index (κ2) is 9.84. The molecular weight excluding hydrogens is 420 g/mol. The Morgan fingerprint density at radius 3 is 2.53 bits per heavy atom. The van der Waals surface area contributed by atoms with Crippen LogP contribution in [0.4, 0.5) is 0 Å². The summed E-state index contributed by atoms with van der Waals surface area (Å²) in [7, 11) is -3.64. The summed E-state index contributed by atoms with van der Waals surface area (Å²) < 4.78 is 28.0. The van der Waals surface area contributed by atoms with Crippen LogP contribution in [-0.2, 0) is 21.2 Å². The third-order valence-electron chi connectivity index (χ3n) is 6.21. The Morgan fingerprint density at radius 2 is 1.75 bits per heavy atom. The summed E-state index contributed by atoms with van der Waals surface area (Å²) >= 11 is 0. The molecule has 0 aliphatic carbocycles. The van der Waals surface area contributed by atoms with Crippen molar-refractivity contribution in [2.75, 3.05) is 13.1 Å². The van der Waals surface area contributed by atoms with Crippen LogP contribution in [0.25, 0.3) is 10.8 Å². The van der Waals surface area contributed by atoms with E-state index in [2.05, 4.69) is 17.4 Å². The van der Waals surface area contributed by atoms with Crippen molar-refractivity contribution in [3.8, 4) is 0 Å². The molecule has 3 aromatic rings. The molecule has 168 valence electrons. The van der Waals surface area contributed by atoms with Crippen LogP contribution in [0.2, 0.25) is 0 Å². The van der Waals surface area contributed by atoms with Gasteiger partial charge in [0.25, 0.3) is 0 Å². The lowest BCUT2D eigenvalue weighted by Crippen LogP contribution is -2.47. The molecular formula is C26H30N2O3S. The second-order valence-corrected chi connectivity index (χ2v) is 10.6. The van der Waals surface area contributed by atoms with Crippen LogP contribution < -0.4 is 5.32 Å². The maximum Gasteiger partial charge on any atom is 0.243 e. The summed E-state index contributed by atoms with van der Waals surface area (Å²) in [5.41, 5.74) is 1.25. The molecule has 1 amide bonds. The van der Waals surface area contributed by atoms with Gasteiger partial charge < -0.3 is 5.32 Å². The quantitative estimate of drug-likeness (QED) is 0.581. The van der Waals surface area contributed by atoms with Gasteiger partial charge >= 0.3 is 0 Å². The van der Waals surface area contributed by atoms with Crippen LogP contribution >= 0.6 is 0 Å². The highest BCUT2D eigenvalue weighted by molar-refractivity contribution is 7.89. The topological polar surface area (TPSA) is 66.5 Å². The number of carbonyl (C=O) groups is 1. The van der Waals surface area contributed by atoms with E-state index in [1.165, 1.54) is 9.87 Å². The molecule has 1 fully saturated rings. The van der Waals surface area contributed by atoms with Crippen LogP contribution in [0.5, 0.6) is 0 Å². The number of sulfonamides is 1. The summed E-state index contributed by atoms with van der Waals surface area (Å²) in [5, 5.41) is 5.00. The van der Waals surface area contributed by atoms with Gasteiger partial charge in [-0.05, 0) is 61.1 Å². The van der Waals surface area contributed by atoms with Crippen LogP contribution in [0.1, 0.15) is 31.7 Å². The van der Waals surface area contributed by atoms with Gasteiger partial charge in [0.05, 0.1) is 10.8 Å². The maximum absolute atomic E-state index is 13.3. The van der Waals surface area contributed by atoms with Gasteiger partial charge in [-0.25, -0.2) is 8.42 Å². The number of hydrogen-bond donors (Lipinski definition) is 1. The Bertz CT molecular complexity index is 1180. The lowest BCUT2D eigenvalue weighted by Gasteiger charge is -2.32. The van der Waals surface area contributed by atoms with E-state index in [9.17, 15) is 13.2 Å². The summed E-state index contributed by atoms with van der Waals surface area (Å²) in [6, 6.07) is 23.2. The molecule has 2 atom stereocenters. The zero-order valence-corrected chi connectivity index (χ0v) is 19.2. The number of rotatable bonds is 7. The molecule has 1 aliphatic rings. The molecule has 1 saturated heterocycles. The Morgan fingerprint density at radius 1 is 1.03 bits per heavy atom. The Balaban J connectivity index is 1.38. The van der Waals surface area contributed by atoms with Gasteiger partial charge in [-0.2, -0.15) is 4.31 Å². The van der Waals surface area contributed by atoms with Crippen molar-refractivity contribution in [3.63, 3.8) is 0 Å². The minimum Gasteiger partial charge on any atom is -0.353 e. The zero-order chi connectivity index (χ0) is 22.6. The number of piperidine rings is 1. The maximum atomic E-state index is 13.3. The second-order valence-electron chi connectivity index (χ2n) is 8.65. The fourth-order valence-electron chi connectivity index (χ4n) is 4.31. The van der Waals surface area contributed by atoms with Crippen LogP contribution in [-0.4, -0.2) is 37.8 Å². The predicted molar refractivity (Wildman–Crippen MR) is 128 cm³/mol. The number of carbonyl (C=O) groups excluding carboxylic acids is 1. The molecule has 0 unspecified atom stereocenters. The molecule has 1 aliphatic heterocycles. The summed E-state index contributed by atoms with van der Waals surface area (Å²) in [4.78, 5) is 13.2. The molecule has 3 aromatic carbocycles. The third-order valence-corrected chi connectivity index (χ3v) is 8.07. The van der Waals surface area contributed by atoms with Gasteiger partial charge in [-0.1, -0.05) is 60.7 Å². The standard InChI is InChI=1S/C26H30N2O3S/c1-20(13-14-21-8-3-2-4-9-21)27-26(29)24-12-7-17-28(19-24)32(30,31)25-16-15-22-10-5-6-11-23(22)18-25/h2-6,8-11,15-16,18,20,24H,7,12-14,17,19H2,1H3,(H,27,29)/t20-,24-/m0/s1. The Kier molecular flexibility index (Phi) is 6.92. The molecule has 0 saturated carbocycles. The fraction of sp³-hybridized carbons (Fsp3) is 0.346.